The van der Waals surface area contributed by atoms with Crippen molar-refractivity contribution >= 4 is 23.0 Å². The Bertz CT molecular complexity index is 673. The zero-order chi connectivity index (χ0) is 17.9. The Morgan fingerprint density at radius 2 is 2.20 bits per heavy atom. The summed E-state index contributed by atoms with van der Waals surface area (Å²) in [6.07, 6.45) is 1.83. The number of methoxy groups -OCH3 is 1. The third kappa shape index (κ3) is 6.72. The van der Waals surface area contributed by atoms with Crippen molar-refractivity contribution in [1.29, 1.82) is 0 Å². The fourth-order valence-electron chi connectivity index (χ4n) is 2.14. The number of ether oxygens (including phenoxy) is 2. The van der Waals surface area contributed by atoms with Crippen LogP contribution in [0.5, 0.6) is 5.75 Å². The maximum Gasteiger partial charge on any atom is 0.195 e. The molecule has 1 aromatic heterocycles. The van der Waals surface area contributed by atoms with Crippen LogP contribution in [0.3, 0.4) is 0 Å². The van der Waals surface area contributed by atoms with Crippen molar-refractivity contribution in [1.82, 2.24) is 10.3 Å². The molecule has 0 saturated heterocycles. The molecule has 25 heavy (non-hydrogen) atoms. The van der Waals surface area contributed by atoms with Crippen LogP contribution in [0, 0.1) is 0 Å². The molecule has 2 N–H and O–H groups in total. The Morgan fingerprint density at radius 1 is 1.32 bits per heavy atom. The first kappa shape index (κ1) is 19.2. The number of benzene rings is 1. The van der Waals surface area contributed by atoms with Gasteiger partial charge < -0.3 is 20.1 Å². The summed E-state index contributed by atoms with van der Waals surface area (Å²) in [6.45, 7) is 4.09. The van der Waals surface area contributed by atoms with Gasteiger partial charge in [-0.05, 0) is 18.6 Å². The number of nitrogens with one attached hydrogen (secondary N) is 2. The Kier molecular flexibility index (Phi) is 8.21. The van der Waals surface area contributed by atoms with Crippen LogP contribution >= 0.6 is 11.3 Å². The second kappa shape index (κ2) is 10.7. The van der Waals surface area contributed by atoms with Crippen LogP contribution in [0.1, 0.15) is 24.0 Å². The van der Waals surface area contributed by atoms with Gasteiger partial charge in [-0.1, -0.05) is 13.0 Å². The van der Waals surface area contributed by atoms with Gasteiger partial charge >= 0.3 is 0 Å². The second-order valence-electron chi connectivity index (χ2n) is 5.36. The zero-order valence-electron chi connectivity index (χ0n) is 15.0. The molecule has 0 fully saturated rings. The van der Waals surface area contributed by atoms with Gasteiger partial charge in [-0.15, -0.1) is 11.3 Å². The number of guanidine groups is 1. The summed E-state index contributed by atoms with van der Waals surface area (Å²) >= 11 is 1.69. The summed E-state index contributed by atoms with van der Waals surface area (Å²) in [7, 11) is 3.44. The molecule has 7 heteroatoms. The van der Waals surface area contributed by atoms with Crippen LogP contribution in [-0.4, -0.2) is 38.3 Å². The largest absolute Gasteiger partial charge is 0.493 e. The van der Waals surface area contributed by atoms with Crippen molar-refractivity contribution in [2.45, 2.75) is 26.3 Å². The van der Waals surface area contributed by atoms with E-state index in [4.69, 9.17) is 9.47 Å². The van der Waals surface area contributed by atoms with Crippen LogP contribution in [-0.2, 0) is 17.7 Å². The summed E-state index contributed by atoms with van der Waals surface area (Å²) in [4.78, 5) is 8.80. The summed E-state index contributed by atoms with van der Waals surface area (Å²) in [5.41, 5.74) is 1.95. The maximum absolute atomic E-state index is 5.72. The van der Waals surface area contributed by atoms with E-state index >= 15 is 0 Å². The average Bonchev–Trinajstić information content (AvgIpc) is 3.11. The van der Waals surface area contributed by atoms with Crippen molar-refractivity contribution in [3.05, 3.63) is 40.3 Å². The summed E-state index contributed by atoms with van der Waals surface area (Å²) in [6, 6.07) is 7.83. The normalized spacial score (nSPS) is 11.4. The van der Waals surface area contributed by atoms with Gasteiger partial charge in [0.05, 0.1) is 23.9 Å². The minimum absolute atomic E-state index is 0.633. The quantitative estimate of drug-likeness (QED) is 0.407. The van der Waals surface area contributed by atoms with E-state index < -0.39 is 0 Å². The van der Waals surface area contributed by atoms with Gasteiger partial charge in [0.25, 0.3) is 0 Å². The minimum Gasteiger partial charge on any atom is -0.493 e. The molecule has 0 aliphatic heterocycles. The molecule has 1 aromatic carbocycles. The number of anilines is 1. The second-order valence-corrected chi connectivity index (χ2v) is 6.30. The maximum atomic E-state index is 5.72. The summed E-state index contributed by atoms with van der Waals surface area (Å²) in [5.74, 6) is 1.52. The number of aryl methyl sites for hydroxylation is 1. The van der Waals surface area contributed by atoms with Crippen LogP contribution in [0.15, 0.2) is 34.6 Å². The lowest BCUT2D eigenvalue weighted by molar-refractivity contribution is 0.172. The molecule has 136 valence electrons. The summed E-state index contributed by atoms with van der Waals surface area (Å²) in [5, 5.41) is 9.78. The molecule has 6 nitrogen and oxygen atoms in total. The molecular weight excluding hydrogens is 336 g/mol. The van der Waals surface area contributed by atoms with E-state index in [1.165, 1.54) is 0 Å². The molecule has 2 rings (SSSR count). The first-order valence-electron chi connectivity index (χ1n) is 8.38. The molecule has 0 atom stereocenters. The topological polar surface area (TPSA) is 67.8 Å². The van der Waals surface area contributed by atoms with E-state index in [1.54, 1.807) is 25.5 Å². The molecule has 0 radical (unpaired) electrons. The lowest BCUT2D eigenvalue weighted by Crippen LogP contribution is -2.30. The lowest BCUT2D eigenvalue weighted by Gasteiger charge is -2.12. The number of thiazole rings is 1. The molecular formula is C18H26N4O2S. The Hall–Kier alpha value is -2.12. The number of hydrogen-bond acceptors (Lipinski definition) is 5. The Balaban J connectivity index is 1.85. The zero-order valence-corrected chi connectivity index (χ0v) is 15.9. The van der Waals surface area contributed by atoms with E-state index in [0.29, 0.717) is 25.7 Å². The highest BCUT2D eigenvalue weighted by atomic mass is 32.1. The Morgan fingerprint density at radius 3 is 2.92 bits per heavy atom. The number of hydrogen-bond donors (Lipinski definition) is 2. The number of aromatic nitrogens is 1. The van der Waals surface area contributed by atoms with Gasteiger partial charge in [0.2, 0.25) is 0 Å². The molecule has 1 heterocycles. The average molecular weight is 362 g/mol. The van der Waals surface area contributed by atoms with Gasteiger partial charge in [0.15, 0.2) is 5.96 Å². The number of nitrogens with zero attached hydrogens (tertiary/aromatic N) is 2. The van der Waals surface area contributed by atoms with Crippen LogP contribution in [0.4, 0.5) is 5.69 Å². The monoisotopic (exact) mass is 362 g/mol. The van der Waals surface area contributed by atoms with E-state index in [-0.39, 0.29) is 0 Å². The van der Waals surface area contributed by atoms with Gasteiger partial charge in [-0.25, -0.2) is 4.98 Å². The Labute approximate surface area is 153 Å². The van der Waals surface area contributed by atoms with Crippen molar-refractivity contribution < 1.29 is 9.47 Å². The smallest absolute Gasteiger partial charge is 0.195 e. The predicted octanol–water partition coefficient (Wildman–Crippen LogP) is 3.31. The number of rotatable bonds is 9. The third-order valence-corrected chi connectivity index (χ3v) is 4.46. The molecule has 0 bridgehead atoms. The first-order chi connectivity index (χ1) is 12.2. The standard InChI is InChI=1S/C18H26N4O2S/c1-4-17-21-15(13-25-17)12-20-18(19-2)22-14-7-5-8-16(11-14)24-10-6-9-23-3/h5,7-8,11,13H,4,6,9-10,12H2,1-3H3,(H2,19,20,22). The lowest BCUT2D eigenvalue weighted by atomic mass is 10.3. The van der Waals surface area contributed by atoms with Gasteiger partial charge in [-0.2, -0.15) is 0 Å². The van der Waals surface area contributed by atoms with Gasteiger partial charge in [0.1, 0.15) is 5.75 Å². The van der Waals surface area contributed by atoms with Crippen molar-refractivity contribution in [2.24, 2.45) is 4.99 Å². The molecule has 0 amide bonds. The number of aliphatic imine (C=N–C) groups is 1. The molecule has 0 aliphatic carbocycles. The molecule has 0 saturated carbocycles. The fraction of sp³-hybridized carbons (Fsp3) is 0.444. The molecule has 0 aliphatic rings. The van der Waals surface area contributed by atoms with Crippen molar-refractivity contribution in [2.75, 3.05) is 32.7 Å². The van der Waals surface area contributed by atoms with Gasteiger partial charge in [-0.3, -0.25) is 4.99 Å². The SMILES string of the molecule is CCc1nc(CNC(=NC)Nc2cccc(OCCCOC)c2)cs1. The fourth-order valence-corrected chi connectivity index (χ4v) is 2.88. The van der Waals surface area contributed by atoms with Crippen LogP contribution in [0.25, 0.3) is 0 Å². The van der Waals surface area contributed by atoms with Crippen molar-refractivity contribution in [3.63, 3.8) is 0 Å². The molecule has 0 unspecified atom stereocenters. The van der Waals surface area contributed by atoms with E-state index in [2.05, 4.69) is 32.9 Å². The van der Waals surface area contributed by atoms with E-state index in [1.807, 2.05) is 24.3 Å². The predicted molar refractivity (Wildman–Crippen MR) is 104 cm³/mol. The van der Waals surface area contributed by atoms with E-state index in [0.717, 1.165) is 35.0 Å². The first-order valence-corrected chi connectivity index (χ1v) is 9.26. The van der Waals surface area contributed by atoms with E-state index in [9.17, 15) is 0 Å². The van der Waals surface area contributed by atoms with Crippen LogP contribution < -0.4 is 15.4 Å². The molecule has 0 spiro atoms. The highest BCUT2D eigenvalue weighted by molar-refractivity contribution is 7.09. The third-order valence-electron chi connectivity index (χ3n) is 3.42. The highest BCUT2D eigenvalue weighted by Crippen LogP contribution is 2.17. The van der Waals surface area contributed by atoms with Crippen molar-refractivity contribution in [3.8, 4) is 5.75 Å². The highest BCUT2D eigenvalue weighted by Gasteiger charge is 2.04. The summed E-state index contributed by atoms with van der Waals surface area (Å²) < 4.78 is 10.7. The van der Waals surface area contributed by atoms with Crippen LogP contribution in [0.2, 0.25) is 0 Å². The molecule has 2 aromatic rings. The minimum atomic E-state index is 0.633. The van der Waals surface area contributed by atoms with Gasteiger partial charge in [0, 0.05) is 44.3 Å².